The molecule has 5 rings (SSSR count). The minimum Gasteiger partial charge on any atom is -0.480 e. The molecule has 14 heteroatoms. The van der Waals surface area contributed by atoms with Crippen LogP contribution in [-0.4, -0.2) is 56.0 Å². The molecule has 1 aliphatic rings. The van der Waals surface area contributed by atoms with Crippen molar-refractivity contribution in [3.05, 3.63) is 71.4 Å². The molecule has 11 nitrogen and oxygen atoms in total. The number of hydrogen-bond donors (Lipinski definition) is 1. The summed E-state index contributed by atoms with van der Waals surface area (Å²) < 4.78 is 56.9. The van der Waals surface area contributed by atoms with E-state index in [2.05, 4.69) is 25.4 Å². The fourth-order valence-corrected chi connectivity index (χ4v) is 4.42. The molecule has 0 unspecified atom stereocenters. The summed E-state index contributed by atoms with van der Waals surface area (Å²) in [6.07, 6.45) is 3.27. The van der Waals surface area contributed by atoms with Gasteiger partial charge in [0, 0.05) is 36.4 Å². The summed E-state index contributed by atoms with van der Waals surface area (Å²) in [4.78, 5) is 30.0. The van der Waals surface area contributed by atoms with Gasteiger partial charge < -0.3 is 19.5 Å². The number of benzene rings is 1. The Bertz CT molecular complexity index is 1650. The molecule has 0 radical (unpaired) electrons. The lowest BCUT2D eigenvalue weighted by molar-refractivity contribution is -0.141. The van der Waals surface area contributed by atoms with Crippen molar-refractivity contribution in [3.8, 4) is 28.8 Å². The van der Waals surface area contributed by atoms with Crippen molar-refractivity contribution in [2.45, 2.75) is 45.3 Å². The van der Waals surface area contributed by atoms with Crippen LogP contribution in [0.1, 0.15) is 55.1 Å². The number of carbonyl (C=O) groups is 1. The summed E-state index contributed by atoms with van der Waals surface area (Å²) in [7, 11) is 1.52. The third kappa shape index (κ3) is 6.96. The topological polar surface area (TPSA) is 126 Å². The van der Waals surface area contributed by atoms with Gasteiger partial charge in [-0.3, -0.25) is 0 Å². The molecule has 0 bridgehead atoms. The molecular weight excluding hydrogens is 579 g/mol. The van der Waals surface area contributed by atoms with E-state index in [-0.39, 0.29) is 25.0 Å². The average molecular weight is 610 g/mol. The van der Waals surface area contributed by atoms with Gasteiger partial charge in [0.05, 0.1) is 31.7 Å². The van der Waals surface area contributed by atoms with Crippen molar-refractivity contribution in [1.29, 1.82) is 0 Å². The lowest BCUT2D eigenvalue weighted by Gasteiger charge is -2.14. The number of alkyl halides is 3. The summed E-state index contributed by atoms with van der Waals surface area (Å²) in [5.74, 6) is 0.894. The maximum Gasteiger partial charge on any atom is 0.435 e. The quantitative estimate of drug-likeness (QED) is 0.160. The van der Waals surface area contributed by atoms with E-state index in [4.69, 9.17) is 19.2 Å². The number of anilines is 1. The number of rotatable bonds is 12. The molecule has 230 valence electrons. The molecule has 1 fully saturated rings. The molecule has 3 heterocycles. The first kappa shape index (κ1) is 30.4. The lowest BCUT2D eigenvalue weighted by Crippen LogP contribution is -2.08. The number of ether oxygens (including phenoxy) is 3. The molecule has 0 aliphatic heterocycles. The Labute approximate surface area is 251 Å². The minimum absolute atomic E-state index is 0.0110. The van der Waals surface area contributed by atoms with Crippen LogP contribution in [0, 0.1) is 0 Å². The van der Waals surface area contributed by atoms with Crippen LogP contribution in [0.3, 0.4) is 0 Å². The van der Waals surface area contributed by atoms with Crippen LogP contribution in [0.2, 0.25) is 0 Å². The Balaban J connectivity index is 1.43. The minimum atomic E-state index is -4.61. The number of aromatic nitrogens is 6. The first-order valence-electron chi connectivity index (χ1n) is 14.0. The molecule has 4 aromatic rings. The smallest absolute Gasteiger partial charge is 0.435 e. The van der Waals surface area contributed by atoms with Gasteiger partial charge >= 0.3 is 12.1 Å². The van der Waals surface area contributed by atoms with E-state index < -0.39 is 17.8 Å². The molecule has 1 aromatic carbocycles. The molecular formula is C30H30F3N7O4. The molecule has 0 amide bonds. The van der Waals surface area contributed by atoms with Crippen LogP contribution in [0.4, 0.5) is 19.0 Å². The highest BCUT2D eigenvalue weighted by Crippen LogP contribution is 2.45. The highest BCUT2D eigenvalue weighted by molar-refractivity contribution is 5.88. The van der Waals surface area contributed by atoms with Gasteiger partial charge in [0.25, 0.3) is 0 Å². The first-order valence-corrected chi connectivity index (χ1v) is 14.0. The standard InChI is InChI=1S/C30H30F3N7O4/c1-4-43-23-14-22(30(31,32)33)39-40(23)21-11-6-18(7-12-21)15-34-27-20(10-13-24(41)44-5-2)16-35-28(38-27)25-26(19-8-9-19)36-17-37-29(25)42-3/h6-7,10-14,16-17,19H,4-5,8-9,15H2,1-3H3,(H,34,35,38)/b13-10+. The van der Waals surface area contributed by atoms with Gasteiger partial charge in [-0.15, -0.1) is 0 Å². The summed E-state index contributed by atoms with van der Waals surface area (Å²) in [6, 6.07) is 7.67. The third-order valence-electron chi connectivity index (χ3n) is 6.63. The molecule has 3 aromatic heterocycles. The van der Waals surface area contributed by atoms with Crippen molar-refractivity contribution < 1.29 is 32.2 Å². The highest BCUT2D eigenvalue weighted by atomic mass is 19.4. The fourth-order valence-electron chi connectivity index (χ4n) is 4.42. The van der Waals surface area contributed by atoms with Crippen molar-refractivity contribution in [3.63, 3.8) is 0 Å². The van der Waals surface area contributed by atoms with Crippen molar-refractivity contribution in [2.75, 3.05) is 25.6 Å². The predicted octanol–water partition coefficient (Wildman–Crippen LogP) is 5.61. The number of hydrogen-bond acceptors (Lipinski definition) is 10. The number of esters is 1. The largest absolute Gasteiger partial charge is 0.480 e. The van der Waals surface area contributed by atoms with E-state index >= 15 is 0 Å². The van der Waals surface area contributed by atoms with Crippen LogP contribution >= 0.6 is 0 Å². The molecule has 1 saturated carbocycles. The molecule has 1 N–H and O–H groups in total. The molecule has 0 spiro atoms. The van der Waals surface area contributed by atoms with Crippen LogP contribution in [0.25, 0.3) is 23.2 Å². The van der Waals surface area contributed by atoms with Crippen LogP contribution in [0.5, 0.6) is 11.8 Å². The number of halogens is 3. The molecule has 44 heavy (non-hydrogen) atoms. The maximum atomic E-state index is 13.3. The zero-order chi connectivity index (χ0) is 31.3. The SMILES string of the molecule is CCOC(=O)/C=C/c1cnc(-c2c(OC)ncnc2C2CC2)nc1NCc1ccc(-n2nc(C(F)(F)F)cc2OCC)cc1. The Morgan fingerprint density at radius 3 is 2.55 bits per heavy atom. The molecule has 0 saturated heterocycles. The Morgan fingerprint density at radius 2 is 1.89 bits per heavy atom. The van der Waals surface area contributed by atoms with Gasteiger partial charge in [-0.2, -0.15) is 18.3 Å². The second kappa shape index (κ2) is 13.1. The Morgan fingerprint density at radius 1 is 1.11 bits per heavy atom. The second-order valence-electron chi connectivity index (χ2n) is 9.73. The predicted molar refractivity (Wildman–Crippen MR) is 154 cm³/mol. The van der Waals surface area contributed by atoms with Gasteiger partial charge in [0.1, 0.15) is 17.7 Å². The molecule has 1 aliphatic carbocycles. The average Bonchev–Trinajstić information content (AvgIpc) is 3.77. The fraction of sp³-hybridized carbons (Fsp3) is 0.333. The second-order valence-corrected chi connectivity index (χ2v) is 9.73. The summed E-state index contributed by atoms with van der Waals surface area (Å²) in [5, 5.41) is 6.98. The lowest BCUT2D eigenvalue weighted by atomic mass is 10.1. The summed E-state index contributed by atoms with van der Waals surface area (Å²) in [6.45, 7) is 4.11. The maximum absolute atomic E-state index is 13.3. The highest BCUT2D eigenvalue weighted by Gasteiger charge is 2.35. The number of nitrogens with one attached hydrogen (secondary N) is 1. The van der Waals surface area contributed by atoms with E-state index in [1.165, 1.54) is 19.5 Å². The number of methoxy groups -OCH3 is 1. The monoisotopic (exact) mass is 609 g/mol. The Kier molecular flexibility index (Phi) is 9.07. The first-order chi connectivity index (χ1) is 21.2. The summed E-state index contributed by atoms with van der Waals surface area (Å²) >= 11 is 0. The van der Waals surface area contributed by atoms with Crippen molar-refractivity contribution in [1.82, 2.24) is 29.7 Å². The third-order valence-corrected chi connectivity index (χ3v) is 6.63. The van der Waals surface area contributed by atoms with Gasteiger partial charge in [-0.25, -0.2) is 29.4 Å². The van der Waals surface area contributed by atoms with Crippen molar-refractivity contribution in [2.24, 2.45) is 0 Å². The van der Waals surface area contributed by atoms with Crippen LogP contribution in [-0.2, 0) is 22.3 Å². The van der Waals surface area contributed by atoms with Gasteiger partial charge in [-0.05, 0) is 50.5 Å². The van der Waals surface area contributed by atoms with Gasteiger partial charge in [-0.1, -0.05) is 12.1 Å². The van der Waals surface area contributed by atoms with Gasteiger partial charge in [0.2, 0.25) is 11.8 Å². The van der Waals surface area contributed by atoms with Crippen LogP contribution in [0.15, 0.2) is 48.9 Å². The normalized spacial score (nSPS) is 13.2. The molecule has 0 atom stereocenters. The van der Waals surface area contributed by atoms with E-state index in [0.29, 0.717) is 40.9 Å². The summed E-state index contributed by atoms with van der Waals surface area (Å²) in [5.41, 5.74) is 2.11. The van der Waals surface area contributed by atoms with Crippen LogP contribution < -0.4 is 14.8 Å². The van der Waals surface area contributed by atoms with Gasteiger partial charge in [0.15, 0.2) is 11.5 Å². The number of nitrogens with zero attached hydrogens (tertiary/aromatic N) is 6. The van der Waals surface area contributed by atoms with Crippen molar-refractivity contribution >= 4 is 17.9 Å². The zero-order valence-electron chi connectivity index (χ0n) is 24.3. The van der Waals surface area contributed by atoms with E-state index in [9.17, 15) is 18.0 Å². The Hall–Kier alpha value is -5.01. The zero-order valence-corrected chi connectivity index (χ0v) is 24.3. The number of carbonyl (C=O) groups excluding carboxylic acids is 1. The van der Waals surface area contributed by atoms with E-state index in [1.54, 1.807) is 50.4 Å². The van der Waals surface area contributed by atoms with E-state index in [1.807, 2.05) is 0 Å². The van der Waals surface area contributed by atoms with E-state index in [0.717, 1.165) is 34.8 Å².